The van der Waals surface area contributed by atoms with Crippen LogP contribution in [0.25, 0.3) is 0 Å². The van der Waals surface area contributed by atoms with E-state index < -0.39 is 27.9 Å². The summed E-state index contributed by atoms with van der Waals surface area (Å²) in [6.07, 6.45) is -0.312. The fourth-order valence-electron chi connectivity index (χ4n) is 2.34. The molecule has 1 fully saturated rings. The average molecular weight is 279 g/mol. The van der Waals surface area contributed by atoms with Crippen molar-refractivity contribution in [3.63, 3.8) is 0 Å². The van der Waals surface area contributed by atoms with Crippen LogP contribution in [0.3, 0.4) is 0 Å². The fourth-order valence-corrected chi connectivity index (χ4v) is 2.96. The quantitative estimate of drug-likeness (QED) is 0.775. The van der Waals surface area contributed by atoms with Gasteiger partial charge in [0.2, 0.25) is 0 Å². The number of hydrogen-bond donors (Lipinski definition) is 1. The molecule has 1 N–H and O–H groups in total. The Morgan fingerprint density at radius 3 is 2.22 bits per heavy atom. The second-order valence-electron chi connectivity index (χ2n) is 6.04. The van der Waals surface area contributed by atoms with E-state index in [1.165, 1.54) is 4.90 Å². The van der Waals surface area contributed by atoms with Gasteiger partial charge in [-0.25, -0.2) is 4.79 Å². The van der Waals surface area contributed by atoms with Crippen LogP contribution in [0.15, 0.2) is 0 Å². The first-order valence-electron chi connectivity index (χ1n) is 5.76. The molecule has 0 spiro atoms. The van der Waals surface area contributed by atoms with Gasteiger partial charge < -0.3 is 5.11 Å². The molecule has 106 valence electrons. The molecule has 0 aromatic carbocycles. The second kappa shape index (κ2) is 4.38. The molecule has 0 radical (unpaired) electrons. The normalized spacial score (nSPS) is 29.6. The highest BCUT2D eigenvalue weighted by molar-refractivity contribution is 7.86. The van der Waals surface area contributed by atoms with Gasteiger partial charge in [-0.1, -0.05) is 20.8 Å². The van der Waals surface area contributed by atoms with E-state index in [9.17, 15) is 18.3 Å². The molecule has 0 saturated carbocycles. The van der Waals surface area contributed by atoms with E-state index in [1.54, 1.807) is 0 Å². The predicted octanol–water partition coefficient (Wildman–Crippen LogP) is 1.52. The monoisotopic (exact) mass is 279 g/mol. The zero-order valence-electron chi connectivity index (χ0n) is 11.4. The van der Waals surface area contributed by atoms with Crippen molar-refractivity contribution in [2.75, 3.05) is 12.8 Å². The highest BCUT2D eigenvalue weighted by Crippen LogP contribution is 2.44. The van der Waals surface area contributed by atoms with E-state index in [4.69, 9.17) is 4.18 Å². The molecule has 2 atom stereocenters. The van der Waals surface area contributed by atoms with E-state index in [1.807, 2.05) is 27.7 Å². The number of rotatable bonds is 2. The first kappa shape index (κ1) is 15.2. The molecule has 1 rings (SSSR count). The third kappa shape index (κ3) is 2.95. The molecule has 0 bridgehead atoms. The summed E-state index contributed by atoms with van der Waals surface area (Å²) < 4.78 is 27.2. The largest absolute Gasteiger partial charge is 0.465 e. The van der Waals surface area contributed by atoms with E-state index in [0.29, 0.717) is 6.42 Å². The lowest BCUT2D eigenvalue weighted by Gasteiger charge is -2.44. The van der Waals surface area contributed by atoms with Crippen molar-refractivity contribution in [3.05, 3.63) is 0 Å². The Bertz CT molecular complexity index is 439. The van der Waals surface area contributed by atoms with Gasteiger partial charge in [-0.05, 0) is 12.3 Å². The SMILES string of the molecule is CC(C)(C)[C@@]1(C)C[C@H](OS(C)(=O)=O)CN1C(=O)O. The lowest BCUT2D eigenvalue weighted by molar-refractivity contribution is 0.0442. The maximum atomic E-state index is 11.3. The van der Waals surface area contributed by atoms with E-state index >= 15 is 0 Å². The summed E-state index contributed by atoms with van der Waals surface area (Å²) in [5.41, 5.74) is -0.949. The summed E-state index contributed by atoms with van der Waals surface area (Å²) >= 11 is 0. The maximum Gasteiger partial charge on any atom is 0.407 e. The second-order valence-corrected chi connectivity index (χ2v) is 7.64. The molecule has 0 aromatic rings. The van der Waals surface area contributed by atoms with Crippen molar-refractivity contribution in [2.45, 2.75) is 45.8 Å². The number of likely N-dealkylation sites (tertiary alicyclic amines) is 1. The van der Waals surface area contributed by atoms with Gasteiger partial charge >= 0.3 is 6.09 Å². The zero-order valence-corrected chi connectivity index (χ0v) is 12.2. The Labute approximate surface area is 108 Å². The molecule has 1 aliphatic heterocycles. The summed E-state index contributed by atoms with van der Waals surface area (Å²) in [5.74, 6) is 0. The topological polar surface area (TPSA) is 83.9 Å². The molecule has 1 aliphatic rings. The van der Waals surface area contributed by atoms with Crippen LogP contribution < -0.4 is 0 Å². The minimum Gasteiger partial charge on any atom is -0.465 e. The Balaban J connectivity index is 3.02. The smallest absolute Gasteiger partial charge is 0.407 e. The molecule has 1 saturated heterocycles. The zero-order chi connectivity index (χ0) is 14.4. The number of carbonyl (C=O) groups is 1. The molecular formula is C11H21NO5S. The lowest BCUT2D eigenvalue weighted by Crippen LogP contribution is -2.52. The van der Waals surface area contributed by atoms with E-state index in [-0.39, 0.29) is 12.0 Å². The molecular weight excluding hydrogens is 258 g/mol. The van der Waals surface area contributed by atoms with Crippen LogP contribution in [-0.2, 0) is 14.3 Å². The van der Waals surface area contributed by atoms with Crippen LogP contribution in [0.2, 0.25) is 0 Å². The van der Waals surface area contributed by atoms with Crippen molar-refractivity contribution in [2.24, 2.45) is 5.41 Å². The average Bonchev–Trinajstić information content (AvgIpc) is 2.39. The number of amides is 1. The molecule has 0 aliphatic carbocycles. The van der Waals surface area contributed by atoms with E-state index in [2.05, 4.69) is 0 Å². The van der Waals surface area contributed by atoms with Gasteiger partial charge in [-0.15, -0.1) is 0 Å². The minimum atomic E-state index is -3.57. The van der Waals surface area contributed by atoms with Crippen LogP contribution in [0.5, 0.6) is 0 Å². The Kier molecular flexibility index (Phi) is 3.71. The van der Waals surface area contributed by atoms with Crippen molar-refractivity contribution in [1.82, 2.24) is 4.90 Å². The Morgan fingerprint density at radius 1 is 1.44 bits per heavy atom. The van der Waals surface area contributed by atoms with Crippen LogP contribution in [-0.4, -0.2) is 49.0 Å². The van der Waals surface area contributed by atoms with Crippen molar-refractivity contribution >= 4 is 16.2 Å². The van der Waals surface area contributed by atoms with Gasteiger partial charge in [0.05, 0.1) is 24.4 Å². The van der Waals surface area contributed by atoms with Gasteiger partial charge in [0.1, 0.15) is 0 Å². The molecule has 1 heterocycles. The van der Waals surface area contributed by atoms with Crippen LogP contribution in [0, 0.1) is 5.41 Å². The lowest BCUT2D eigenvalue weighted by atomic mass is 9.73. The summed E-state index contributed by atoms with van der Waals surface area (Å²) in [7, 11) is -3.57. The summed E-state index contributed by atoms with van der Waals surface area (Å²) in [6, 6.07) is 0. The predicted molar refractivity (Wildman–Crippen MR) is 66.9 cm³/mol. The molecule has 0 unspecified atom stereocenters. The molecule has 1 amide bonds. The number of carboxylic acid groups (broad SMARTS) is 1. The third-order valence-corrected chi connectivity index (χ3v) is 4.39. The summed E-state index contributed by atoms with van der Waals surface area (Å²) in [5, 5.41) is 9.25. The third-order valence-electron chi connectivity index (χ3n) is 3.76. The van der Waals surface area contributed by atoms with Crippen LogP contribution >= 0.6 is 0 Å². The standard InChI is InChI=1S/C11H21NO5S/c1-10(2,3)11(4)6-8(17-18(5,15)16)7-12(11)9(13)14/h8H,6-7H2,1-5H3,(H,13,14)/t8-,11+/m0/s1. The van der Waals surface area contributed by atoms with Crippen molar-refractivity contribution in [1.29, 1.82) is 0 Å². The van der Waals surface area contributed by atoms with E-state index in [0.717, 1.165) is 6.26 Å². The minimum absolute atomic E-state index is 0.0795. The van der Waals surface area contributed by atoms with Gasteiger partial charge in [-0.3, -0.25) is 9.08 Å². The number of hydrogen-bond acceptors (Lipinski definition) is 4. The summed E-state index contributed by atoms with van der Waals surface area (Å²) in [4.78, 5) is 12.6. The summed E-state index contributed by atoms with van der Waals surface area (Å²) in [6.45, 7) is 7.71. The Hall–Kier alpha value is -0.820. The Morgan fingerprint density at radius 2 is 1.94 bits per heavy atom. The van der Waals surface area contributed by atoms with Crippen molar-refractivity contribution in [3.8, 4) is 0 Å². The van der Waals surface area contributed by atoms with Crippen LogP contribution in [0.1, 0.15) is 34.1 Å². The van der Waals surface area contributed by atoms with Crippen LogP contribution in [0.4, 0.5) is 4.79 Å². The molecule has 6 nitrogen and oxygen atoms in total. The van der Waals surface area contributed by atoms with Gasteiger partial charge in [0.15, 0.2) is 0 Å². The fraction of sp³-hybridized carbons (Fsp3) is 0.909. The molecule has 0 aromatic heterocycles. The highest BCUT2D eigenvalue weighted by atomic mass is 32.2. The van der Waals surface area contributed by atoms with Crippen molar-refractivity contribution < 1.29 is 22.5 Å². The highest BCUT2D eigenvalue weighted by Gasteiger charge is 2.52. The molecule has 18 heavy (non-hydrogen) atoms. The van der Waals surface area contributed by atoms with Gasteiger partial charge in [0.25, 0.3) is 10.1 Å². The first-order chi connectivity index (χ1) is 7.87. The number of nitrogens with zero attached hydrogens (tertiary/aromatic N) is 1. The molecule has 7 heteroatoms. The van der Waals surface area contributed by atoms with Gasteiger partial charge in [-0.2, -0.15) is 8.42 Å². The van der Waals surface area contributed by atoms with Gasteiger partial charge in [0, 0.05) is 6.42 Å². The maximum absolute atomic E-state index is 11.3. The first-order valence-corrected chi connectivity index (χ1v) is 7.57.